The van der Waals surface area contributed by atoms with Gasteiger partial charge in [0.1, 0.15) is 23.2 Å². The van der Waals surface area contributed by atoms with E-state index in [0.717, 1.165) is 16.7 Å². The molecule has 36 heavy (non-hydrogen) atoms. The number of rotatable bonds is 9. The molecular formula is C20H20N6O7S3. The standard InChI is InChI=1S/C20H20N6O7S3/c1-33-11-4-5-12(26(32)24-11)35-7-9-8-36-18-14(17(28)25(18)15(9)19(29)30)22-16(27)13(23-20(21)31)10-3-2-6-34-10/h2-6,13-14,18H,7-8H2,1H3,(H,22,27)(H,29,30)(H3,21,23,31)/t13?,14-,18?/m1/s1. The number of carboxylic acids is 1. The molecule has 0 aromatic carbocycles. The van der Waals surface area contributed by atoms with E-state index in [4.69, 9.17) is 10.5 Å². The molecule has 2 unspecified atom stereocenters. The molecule has 2 aromatic heterocycles. The Morgan fingerprint density at radius 1 is 1.42 bits per heavy atom. The molecular weight excluding hydrogens is 532 g/mol. The minimum absolute atomic E-state index is 0.140. The first-order chi connectivity index (χ1) is 17.2. The van der Waals surface area contributed by atoms with Crippen molar-refractivity contribution >= 4 is 58.7 Å². The predicted octanol–water partition coefficient (Wildman–Crippen LogP) is 0.0254. The van der Waals surface area contributed by atoms with Crippen LogP contribution in [-0.2, 0) is 14.4 Å². The summed E-state index contributed by atoms with van der Waals surface area (Å²) in [5.74, 6) is -1.96. The summed E-state index contributed by atoms with van der Waals surface area (Å²) in [4.78, 5) is 51.3. The van der Waals surface area contributed by atoms with Gasteiger partial charge in [0.05, 0.1) is 12.2 Å². The van der Waals surface area contributed by atoms with Gasteiger partial charge in [0.2, 0.25) is 5.91 Å². The van der Waals surface area contributed by atoms with E-state index in [1.807, 2.05) is 0 Å². The Bertz CT molecular complexity index is 1240. The van der Waals surface area contributed by atoms with Crippen molar-refractivity contribution in [2.75, 3.05) is 18.6 Å². The van der Waals surface area contributed by atoms with Crippen molar-refractivity contribution in [2.45, 2.75) is 22.5 Å². The molecule has 3 atom stereocenters. The highest BCUT2D eigenvalue weighted by Crippen LogP contribution is 2.41. The number of carboxylic acid groups (broad SMARTS) is 1. The normalized spacial score (nSPS) is 19.7. The number of fused-ring (bicyclic) bond motifs is 1. The van der Waals surface area contributed by atoms with E-state index in [1.54, 1.807) is 17.5 Å². The molecule has 0 saturated carbocycles. The van der Waals surface area contributed by atoms with Gasteiger partial charge < -0.3 is 31.4 Å². The molecule has 2 aromatic rings. The summed E-state index contributed by atoms with van der Waals surface area (Å²) in [6.07, 6.45) is 0. The van der Waals surface area contributed by atoms with Crippen LogP contribution in [0.4, 0.5) is 4.79 Å². The van der Waals surface area contributed by atoms with E-state index in [0.29, 0.717) is 15.3 Å². The average Bonchev–Trinajstić information content (AvgIpc) is 3.38. The third-order valence-electron chi connectivity index (χ3n) is 5.27. The van der Waals surface area contributed by atoms with Crippen molar-refractivity contribution < 1.29 is 33.9 Å². The van der Waals surface area contributed by atoms with E-state index in [1.165, 1.54) is 42.3 Å². The number of carbonyl (C=O) groups is 4. The van der Waals surface area contributed by atoms with Gasteiger partial charge in [-0.15, -0.1) is 23.1 Å². The van der Waals surface area contributed by atoms with Crippen molar-refractivity contribution in [3.63, 3.8) is 0 Å². The van der Waals surface area contributed by atoms with Crippen molar-refractivity contribution in [3.05, 3.63) is 51.0 Å². The lowest BCUT2D eigenvalue weighted by molar-refractivity contribution is -0.706. The van der Waals surface area contributed by atoms with Crippen LogP contribution in [0.3, 0.4) is 0 Å². The zero-order valence-corrected chi connectivity index (χ0v) is 21.0. The summed E-state index contributed by atoms with van der Waals surface area (Å²) in [5, 5.41) is 31.9. The Morgan fingerprint density at radius 3 is 2.81 bits per heavy atom. The smallest absolute Gasteiger partial charge is 0.352 e. The number of ether oxygens (including phenoxy) is 1. The molecule has 4 amide bonds. The maximum Gasteiger partial charge on any atom is 0.352 e. The number of hydrogen-bond acceptors (Lipinski definition) is 10. The van der Waals surface area contributed by atoms with E-state index in [9.17, 15) is 29.5 Å². The maximum absolute atomic E-state index is 12.9. The number of nitrogens with one attached hydrogen (secondary N) is 2. The number of primary amides is 1. The number of hydrogen-bond donors (Lipinski definition) is 4. The lowest BCUT2D eigenvalue weighted by atomic mass is 10.0. The number of thioether (sulfide) groups is 2. The minimum atomic E-state index is -1.29. The van der Waals surface area contributed by atoms with Crippen LogP contribution in [-0.4, -0.2) is 69.0 Å². The van der Waals surface area contributed by atoms with Crippen molar-refractivity contribution in [3.8, 4) is 5.88 Å². The number of methoxy groups -OCH3 is 1. The fourth-order valence-electron chi connectivity index (χ4n) is 3.65. The van der Waals surface area contributed by atoms with Crippen LogP contribution in [0.25, 0.3) is 0 Å². The third kappa shape index (κ3) is 5.05. The highest BCUT2D eigenvalue weighted by atomic mass is 32.2. The number of carbonyl (C=O) groups excluding carboxylic acids is 3. The third-order valence-corrected chi connectivity index (χ3v) is 8.63. The average molecular weight is 553 g/mol. The van der Waals surface area contributed by atoms with Gasteiger partial charge in [0.15, 0.2) is 0 Å². The van der Waals surface area contributed by atoms with E-state index in [2.05, 4.69) is 15.7 Å². The quantitative estimate of drug-likeness (QED) is 0.143. The second-order valence-electron chi connectivity index (χ2n) is 7.49. The first-order valence-corrected chi connectivity index (χ1v) is 13.2. The summed E-state index contributed by atoms with van der Waals surface area (Å²) in [7, 11) is 1.38. The molecule has 1 fully saturated rings. The van der Waals surface area contributed by atoms with Crippen molar-refractivity contribution in [2.24, 2.45) is 5.73 Å². The van der Waals surface area contributed by atoms with E-state index >= 15 is 0 Å². The Balaban J connectivity index is 1.48. The van der Waals surface area contributed by atoms with Crippen LogP contribution in [0.1, 0.15) is 10.9 Å². The SMILES string of the molecule is COc1ccc(SCC2=C(C(=O)O)N3C(=O)[C@@H](NC(=O)C(NC(N)=O)c4cccs4)C3SC2)[n+]([O-])n1. The lowest BCUT2D eigenvalue weighted by Crippen LogP contribution is -2.71. The molecule has 0 spiro atoms. The van der Waals surface area contributed by atoms with Gasteiger partial charge in [-0.2, -0.15) is 0 Å². The highest BCUT2D eigenvalue weighted by Gasteiger charge is 2.54. The zero-order valence-electron chi connectivity index (χ0n) is 18.6. The summed E-state index contributed by atoms with van der Waals surface area (Å²) in [5.41, 5.74) is 5.48. The van der Waals surface area contributed by atoms with Gasteiger partial charge in [-0.1, -0.05) is 6.07 Å². The molecule has 190 valence electrons. The highest BCUT2D eigenvalue weighted by molar-refractivity contribution is 8.01. The Morgan fingerprint density at radius 2 is 2.19 bits per heavy atom. The maximum atomic E-state index is 12.9. The van der Waals surface area contributed by atoms with Crippen LogP contribution in [0.2, 0.25) is 0 Å². The molecule has 1 saturated heterocycles. The van der Waals surface area contributed by atoms with Crippen LogP contribution in [0.5, 0.6) is 5.88 Å². The molecule has 0 aliphatic carbocycles. The second kappa shape index (κ2) is 10.6. The molecule has 4 rings (SSSR count). The Labute approximate surface area is 216 Å². The Hall–Kier alpha value is -3.50. The number of aromatic nitrogens is 2. The molecule has 5 N–H and O–H groups in total. The summed E-state index contributed by atoms with van der Waals surface area (Å²) in [6.45, 7) is 0. The number of aliphatic carboxylic acids is 1. The summed E-state index contributed by atoms with van der Waals surface area (Å²) in [6, 6.07) is 3.41. The van der Waals surface area contributed by atoms with Crippen molar-refractivity contribution in [1.82, 2.24) is 20.6 Å². The first kappa shape index (κ1) is 25.6. The van der Waals surface area contributed by atoms with Crippen LogP contribution in [0.15, 0.2) is 45.9 Å². The molecule has 16 heteroatoms. The van der Waals surface area contributed by atoms with Crippen molar-refractivity contribution in [1.29, 1.82) is 0 Å². The van der Waals surface area contributed by atoms with E-state index < -0.39 is 41.3 Å². The van der Waals surface area contributed by atoms with Crippen LogP contribution in [0, 0.1) is 5.21 Å². The molecule has 13 nitrogen and oxygen atoms in total. The van der Waals surface area contributed by atoms with Gasteiger partial charge >= 0.3 is 12.0 Å². The molecule has 2 aliphatic heterocycles. The summed E-state index contributed by atoms with van der Waals surface area (Å²) < 4.78 is 4.90. The lowest BCUT2D eigenvalue weighted by Gasteiger charge is -2.49. The fraction of sp³-hybridized carbons (Fsp3) is 0.300. The monoisotopic (exact) mass is 552 g/mol. The number of nitrogens with two attached hydrogens (primary N) is 1. The molecule has 4 heterocycles. The van der Waals surface area contributed by atoms with Crippen LogP contribution >= 0.6 is 34.9 Å². The van der Waals surface area contributed by atoms with Gasteiger partial charge in [0.25, 0.3) is 16.8 Å². The topological polar surface area (TPSA) is 191 Å². The minimum Gasteiger partial charge on any atom is -0.593 e. The number of nitrogens with zero attached hydrogens (tertiary/aromatic N) is 3. The van der Waals surface area contributed by atoms with Crippen LogP contribution < -0.4 is 25.9 Å². The number of amides is 4. The second-order valence-corrected chi connectivity index (χ2v) is 10.6. The molecule has 0 bridgehead atoms. The largest absolute Gasteiger partial charge is 0.593 e. The number of urea groups is 1. The number of β-lactam (4-membered cyclic amide) rings is 1. The number of thiophene rings is 1. The summed E-state index contributed by atoms with van der Waals surface area (Å²) >= 11 is 3.61. The van der Waals surface area contributed by atoms with Gasteiger partial charge in [0, 0.05) is 28.5 Å². The van der Waals surface area contributed by atoms with Gasteiger partial charge in [-0.25, -0.2) is 9.59 Å². The van der Waals surface area contributed by atoms with Gasteiger partial charge in [-0.3, -0.25) is 14.5 Å². The first-order valence-electron chi connectivity index (χ1n) is 10.3. The fourth-order valence-corrected chi connectivity index (χ4v) is 6.77. The predicted molar refractivity (Wildman–Crippen MR) is 130 cm³/mol. The molecule has 0 radical (unpaired) electrons. The van der Waals surface area contributed by atoms with Gasteiger partial charge in [-0.05, 0) is 33.6 Å². The van der Waals surface area contributed by atoms with E-state index in [-0.39, 0.29) is 28.1 Å². The Kier molecular flexibility index (Phi) is 7.56. The zero-order chi connectivity index (χ0) is 26.0. The molecule has 2 aliphatic rings.